The number of hydrogen-bond acceptors (Lipinski definition) is 5. The Morgan fingerprint density at radius 3 is 2.73 bits per heavy atom. The molecule has 0 saturated heterocycles. The van der Waals surface area contributed by atoms with Gasteiger partial charge < -0.3 is 16.6 Å². The summed E-state index contributed by atoms with van der Waals surface area (Å²) in [6, 6.07) is 0. The van der Waals surface area contributed by atoms with Crippen LogP contribution in [-0.4, -0.2) is 26.0 Å². The number of carbonyl (C=O) groups excluding carboxylic acids is 1. The van der Waals surface area contributed by atoms with E-state index >= 15 is 0 Å². The fourth-order valence-corrected chi connectivity index (χ4v) is 0.679. The largest absolute Gasteiger partial charge is 0.380 e. The van der Waals surface area contributed by atoms with Crippen LogP contribution in [0.3, 0.4) is 0 Å². The molecule has 1 aromatic rings. The van der Waals surface area contributed by atoms with Gasteiger partial charge in [-0.2, -0.15) is 0 Å². The number of carbonyl (C=O) groups is 1. The highest BCUT2D eigenvalue weighted by molar-refractivity contribution is 5.95. The van der Waals surface area contributed by atoms with Crippen molar-refractivity contribution in [3.05, 3.63) is 5.69 Å². The van der Waals surface area contributed by atoms with Gasteiger partial charge in [-0.25, -0.2) is 4.68 Å². The molecule has 7 heteroatoms. The maximum Gasteiger partial charge on any atom is 0.271 e. The van der Waals surface area contributed by atoms with Crippen LogP contribution in [0.1, 0.15) is 10.5 Å². The number of nitrogen functional groups attached to an aromatic ring is 1. The van der Waals surface area contributed by atoms with Gasteiger partial charge in [0.25, 0.3) is 5.91 Å². The van der Waals surface area contributed by atoms with Gasteiger partial charge in [-0.3, -0.25) is 4.79 Å². The van der Waals surface area contributed by atoms with Gasteiger partial charge in [0.15, 0.2) is 11.5 Å². The van der Waals surface area contributed by atoms with Crippen LogP contribution < -0.4 is 11.5 Å². The Balaban J connectivity index is 3.17. The first-order chi connectivity index (χ1) is 5.16. The highest BCUT2D eigenvalue weighted by Crippen LogP contribution is 2.04. The maximum atomic E-state index is 10.6. The Hall–Kier alpha value is -1.63. The van der Waals surface area contributed by atoms with E-state index in [1.54, 1.807) is 0 Å². The third-order valence-electron chi connectivity index (χ3n) is 1.13. The number of rotatable bonds is 2. The van der Waals surface area contributed by atoms with E-state index in [9.17, 15) is 4.79 Å². The fraction of sp³-hybridized carbons (Fsp3) is 0.250. The number of aliphatic hydroxyl groups excluding tert-OH is 1. The Labute approximate surface area is 61.6 Å². The molecular weight excluding hydrogens is 150 g/mol. The van der Waals surface area contributed by atoms with E-state index in [4.69, 9.17) is 16.6 Å². The van der Waals surface area contributed by atoms with Gasteiger partial charge in [0.2, 0.25) is 0 Å². The topological polar surface area (TPSA) is 120 Å². The zero-order valence-electron chi connectivity index (χ0n) is 5.56. The van der Waals surface area contributed by atoms with E-state index in [0.717, 1.165) is 4.68 Å². The predicted molar refractivity (Wildman–Crippen MR) is 35.2 cm³/mol. The molecule has 0 bridgehead atoms. The Kier molecular flexibility index (Phi) is 1.73. The first kappa shape index (κ1) is 7.48. The normalized spacial score (nSPS) is 9.91. The predicted octanol–water partition coefficient (Wildman–Crippen LogP) is -2.09. The van der Waals surface area contributed by atoms with E-state index in [0.29, 0.717) is 0 Å². The van der Waals surface area contributed by atoms with Crippen LogP contribution in [0, 0.1) is 0 Å². The van der Waals surface area contributed by atoms with Gasteiger partial charge in [0.05, 0.1) is 0 Å². The summed E-state index contributed by atoms with van der Waals surface area (Å²) in [6.45, 7) is -0.470. The quantitative estimate of drug-likeness (QED) is 0.454. The first-order valence-corrected chi connectivity index (χ1v) is 2.76. The van der Waals surface area contributed by atoms with E-state index in [1.807, 2.05) is 0 Å². The molecule has 0 saturated carbocycles. The van der Waals surface area contributed by atoms with E-state index in [1.165, 1.54) is 0 Å². The average Bonchev–Trinajstić information content (AvgIpc) is 2.30. The maximum absolute atomic E-state index is 10.6. The number of amides is 1. The molecular formula is C4H7N5O2. The number of nitrogens with zero attached hydrogens (tertiary/aromatic N) is 3. The number of hydrogen-bond donors (Lipinski definition) is 3. The molecule has 11 heavy (non-hydrogen) atoms. The van der Waals surface area contributed by atoms with Gasteiger partial charge in [-0.15, -0.1) is 5.10 Å². The molecule has 0 spiro atoms. The highest BCUT2D eigenvalue weighted by Gasteiger charge is 2.13. The van der Waals surface area contributed by atoms with Crippen molar-refractivity contribution >= 4 is 11.7 Å². The molecule has 1 aromatic heterocycles. The van der Waals surface area contributed by atoms with Crippen LogP contribution in [0.15, 0.2) is 0 Å². The fourth-order valence-electron chi connectivity index (χ4n) is 0.679. The van der Waals surface area contributed by atoms with Crippen LogP contribution in [0.4, 0.5) is 5.82 Å². The van der Waals surface area contributed by atoms with Gasteiger partial charge in [0, 0.05) is 0 Å². The van der Waals surface area contributed by atoms with Gasteiger partial charge in [-0.05, 0) is 0 Å². The molecule has 0 radical (unpaired) electrons. The van der Waals surface area contributed by atoms with Crippen molar-refractivity contribution in [2.45, 2.75) is 6.73 Å². The summed E-state index contributed by atoms with van der Waals surface area (Å²) in [5.41, 5.74) is 10.0. The first-order valence-electron chi connectivity index (χ1n) is 2.76. The van der Waals surface area contributed by atoms with Gasteiger partial charge >= 0.3 is 0 Å². The Morgan fingerprint density at radius 2 is 2.36 bits per heavy atom. The minimum Gasteiger partial charge on any atom is -0.380 e. The SMILES string of the molecule is NC(=O)c1c(N)nnn1CO. The average molecular weight is 157 g/mol. The standard InChI is InChI=1S/C4H7N5O2/c5-3-2(4(6)11)9(1-10)8-7-3/h10H,1,5H2,(H2,6,11). The summed E-state index contributed by atoms with van der Waals surface area (Å²) < 4.78 is 0.914. The van der Waals surface area contributed by atoms with Crippen molar-refractivity contribution in [1.29, 1.82) is 0 Å². The molecule has 0 aliphatic heterocycles. The van der Waals surface area contributed by atoms with Gasteiger partial charge in [0.1, 0.15) is 6.73 Å². The number of aliphatic hydroxyl groups is 1. The van der Waals surface area contributed by atoms with E-state index < -0.39 is 12.6 Å². The molecule has 0 atom stereocenters. The molecule has 0 fully saturated rings. The summed E-state index contributed by atoms with van der Waals surface area (Å²) in [7, 11) is 0. The lowest BCUT2D eigenvalue weighted by atomic mass is 10.4. The summed E-state index contributed by atoms with van der Waals surface area (Å²) in [4.78, 5) is 10.6. The second kappa shape index (κ2) is 2.54. The zero-order chi connectivity index (χ0) is 8.43. The minimum absolute atomic E-state index is 0.0764. The van der Waals surface area contributed by atoms with Gasteiger partial charge in [-0.1, -0.05) is 5.21 Å². The van der Waals surface area contributed by atoms with Crippen molar-refractivity contribution in [2.75, 3.05) is 5.73 Å². The Bertz CT molecular complexity index is 280. The summed E-state index contributed by atoms with van der Waals surface area (Å²) in [5.74, 6) is -0.840. The minimum atomic E-state index is -0.762. The van der Waals surface area contributed by atoms with E-state index in [-0.39, 0.29) is 11.5 Å². The Morgan fingerprint density at radius 1 is 1.73 bits per heavy atom. The second-order valence-corrected chi connectivity index (χ2v) is 1.83. The van der Waals surface area contributed by atoms with Crippen molar-refractivity contribution in [3.63, 3.8) is 0 Å². The number of anilines is 1. The lowest BCUT2D eigenvalue weighted by Gasteiger charge is -1.96. The van der Waals surface area contributed by atoms with Crippen molar-refractivity contribution < 1.29 is 9.90 Å². The van der Waals surface area contributed by atoms with Crippen molar-refractivity contribution in [3.8, 4) is 0 Å². The monoisotopic (exact) mass is 157 g/mol. The van der Waals surface area contributed by atoms with Crippen LogP contribution in [-0.2, 0) is 6.73 Å². The molecule has 0 aliphatic carbocycles. The van der Waals surface area contributed by atoms with E-state index in [2.05, 4.69) is 10.3 Å². The smallest absolute Gasteiger partial charge is 0.271 e. The van der Waals surface area contributed by atoms with Crippen LogP contribution in [0.25, 0.3) is 0 Å². The lowest BCUT2D eigenvalue weighted by Crippen LogP contribution is -2.19. The number of nitrogens with two attached hydrogens (primary N) is 2. The lowest BCUT2D eigenvalue weighted by molar-refractivity contribution is 0.0975. The van der Waals surface area contributed by atoms with Crippen LogP contribution in [0.2, 0.25) is 0 Å². The van der Waals surface area contributed by atoms with Crippen molar-refractivity contribution in [1.82, 2.24) is 15.0 Å². The molecule has 0 aromatic carbocycles. The zero-order valence-corrected chi connectivity index (χ0v) is 5.56. The summed E-state index contributed by atoms with van der Waals surface area (Å²) >= 11 is 0. The summed E-state index contributed by atoms with van der Waals surface area (Å²) in [6.07, 6.45) is 0. The molecule has 5 N–H and O–H groups in total. The van der Waals surface area contributed by atoms with Crippen LogP contribution in [0.5, 0.6) is 0 Å². The third kappa shape index (κ3) is 1.13. The number of aromatic nitrogens is 3. The molecule has 1 amide bonds. The third-order valence-corrected chi connectivity index (χ3v) is 1.13. The molecule has 7 nitrogen and oxygen atoms in total. The summed E-state index contributed by atoms with van der Waals surface area (Å²) in [5, 5.41) is 15.3. The number of primary amides is 1. The molecule has 0 aliphatic rings. The second-order valence-electron chi connectivity index (χ2n) is 1.83. The highest BCUT2D eigenvalue weighted by atomic mass is 16.3. The molecule has 1 heterocycles. The van der Waals surface area contributed by atoms with Crippen molar-refractivity contribution in [2.24, 2.45) is 5.73 Å². The molecule has 0 unspecified atom stereocenters. The molecule has 60 valence electrons. The van der Waals surface area contributed by atoms with Crippen LogP contribution >= 0.6 is 0 Å². The molecule has 1 rings (SSSR count).